The maximum Gasteiger partial charge on any atom is 0.203 e. The molecule has 0 unspecified atom stereocenters. The molecule has 1 aliphatic carbocycles. The van der Waals surface area contributed by atoms with Gasteiger partial charge in [0.1, 0.15) is 11.5 Å². The van der Waals surface area contributed by atoms with E-state index in [2.05, 4.69) is 0 Å². The number of para-hydroxylation sites is 1. The summed E-state index contributed by atoms with van der Waals surface area (Å²) in [7, 11) is 4.55. The van der Waals surface area contributed by atoms with Crippen molar-refractivity contribution in [1.29, 1.82) is 0 Å². The summed E-state index contributed by atoms with van der Waals surface area (Å²) in [6.45, 7) is 0. The first-order chi connectivity index (χ1) is 20.5. The Balaban J connectivity index is 1.58. The van der Waals surface area contributed by atoms with Crippen molar-refractivity contribution >= 4 is 40.4 Å². The zero-order valence-corrected chi connectivity index (χ0v) is 24.0. The normalized spacial score (nSPS) is 21.2. The Kier molecular flexibility index (Phi) is 6.06. The van der Waals surface area contributed by atoms with Crippen molar-refractivity contribution in [3.05, 3.63) is 111 Å². The Labute approximate surface area is 247 Å². The minimum Gasteiger partial charge on any atom is -0.493 e. The number of methoxy groups -OCH3 is 3. The van der Waals surface area contributed by atoms with Crippen LogP contribution in [0.25, 0.3) is 6.08 Å². The molecule has 7 rings (SSSR count). The van der Waals surface area contributed by atoms with E-state index in [0.29, 0.717) is 38.8 Å². The van der Waals surface area contributed by atoms with Crippen molar-refractivity contribution in [3.63, 3.8) is 0 Å². The SMILES string of the molecule is COc1cc([C@@H]2[C@@H](C(=O)c3cccs3)N3c4ccccc4C=C[C@@H]3C23C(=O)c2ccccc2C3=O)cc(OC)c1OC. The maximum absolute atomic E-state index is 14.8. The average Bonchev–Trinajstić information content (AvgIpc) is 3.73. The van der Waals surface area contributed by atoms with Crippen LogP contribution in [-0.2, 0) is 0 Å². The summed E-state index contributed by atoms with van der Waals surface area (Å²) < 4.78 is 17.0. The molecular weight excluding hydrogens is 550 g/mol. The first-order valence-corrected chi connectivity index (χ1v) is 14.5. The van der Waals surface area contributed by atoms with Crippen LogP contribution in [0.4, 0.5) is 5.69 Å². The van der Waals surface area contributed by atoms with E-state index in [1.165, 1.54) is 32.7 Å². The molecule has 0 amide bonds. The lowest BCUT2D eigenvalue weighted by atomic mass is 9.64. The van der Waals surface area contributed by atoms with Crippen LogP contribution in [0.3, 0.4) is 0 Å². The second-order valence-electron chi connectivity index (χ2n) is 10.6. The fourth-order valence-electron chi connectivity index (χ4n) is 7.14. The lowest BCUT2D eigenvalue weighted by Gasteiger charge is -2.37. The van der Waals surface area contributed by atoms with Crippen LogP contribution >= 0.6 is 11.3 Å². The first-order valence-electron chi connectivity index (χ1n) is 13.6. The van der Waals surface area contributed by atoms with Gasteiger partial charge < -0.3 is 19.1 Å². The van der Waals surface area contributed by atoms with Gasteiger partial charge in [-0.1, -0.05) is 60.7 Å². The summed E-state index contributed by atoms with van der Waals surface area (Å²) in [5.41, 5.74) is 1.41. The molecule has 0 bridgehead atoms. The molecule has 8 heteroatoms. The topological polar surface area (TPSA) is 82.1 Å². The number of hydrogen-bond acceptors (Lipinski definition) is 8. The highest BCUT2D eigenvalue weighted by Gasteiger charge is 2.71. The van der Waals surface area contributed by atoms with Crippen LogP contribution in [0.2, 0.25) is 0 Å². The molecule has 0 N–H and O–H groups in total. The number of Topliss-reactive ketones (excluding diaryl/α,β-unsaturated/α-hetero) is 3. The Morgan fingerprint density at radius 3 is 2.07 bits per heavy atom. The van der Waals surface area contributed by atoms with Crippen LogP contribution < -0.4 is 19.1 Å². The van der Waals surface area contributed by atoms with Crippen LogP contribution in [0.1, 0.15) is 47.4 Å². The van der Waals surface area contributed by atoms with E-state index in [-0.39, 0.29) is 17.3 Å². The lowest BCUT2D eigenvalue weighted by molar-refractivity contribution is 0.0665. The molecule has 1 spiro atoms. The molecule has 0 radical (unpaired) electrons. The van der Waals surface area contributed by atoms with Gasteiger partial charge in [-0.2, -0.15) is 0 Å². The number of nitrogens with zero attached hydrogens (tertiary/aromatic N) is 1. The van der Waals surface area contributed by atoms with Crippen molar-refractivity contribution in [2.75, 3.05) is 26.2 Å². The predicted molar refractivity (Wildman–Crippen MR) is 161 cm³/mol. The molecule has 1 saturated heterocycles. The highest BCUT2D eigenvalue weighted by atomic mass is 32.1. The van der Waals surface area contributed by atoms with Crippen LogP contribution in [0.15, 0.2) is 84.3 Å². The fourth-order valence-corrected chi connectivity index (χ4v) is 7.83. The van der Waals surface area contributed by atoms with Gasteiger partial charge >= 0.3 is 0 Å². The molecule has 3 aromatic carbocycles. The maximum atomic E-state index is 14.8. The van der Waals surface area contributed by atoms with E-state index >= 15 is 0 Å². The number of anilines is 1. The highest BCUT2D eigenvalue weighted by Crippen LogP contribution is 2.62. The molecule has 1 fully saturated rings. The van der Waals surface area contributed by atoms with Gasteiger partial charge in [-0.25, -0.2) is 0 Å². The molecule has 2 aliphatic heterocycles. The molecule has 3 atom stereocenters. The van der Waals surface area contributed by atoms with E-state index in [0.717, 1.165) is 11.3 Å². The van der Waals surface area contributed by atoms with Crippen molar-refractivity contribution in [2.45, 2.75) is 18.0 Å². The van der Waals surface area contributed by atoms with E-state index < -0.39 is 23.4 Å². The number of thiophene rings is 1. The lowest BCUT2D eigenvalue weighted by Crippen LogP contribution is -2.48. The standard InChI is InChI=1S/C34H27NO6S/c1-39-24-17-20(18-25(40-2)31(24)41-3)28-29(30(36)26-13-8-16-42-26)35-23-12-7-4-9-19(23)14-15-27(35)34(28)32(37)21-10-5-6-11-22(21)33(34)38/h4-18,27-29H,1-3H3/t27-,28-,29+/m1/s1. The average molecular weight is 578 g/mol. The number of carbonyl (C=O) groups is 3. The van der Waals surface area contributed by atoms with E-state index in [9.17, 15) is 14.4 Å². The molecule has 4 aromatic rings. The zero-order chi connectivity index (χ0) is 29.2. The largest absolute Gasteiger partial charge is 0.493 e. The summed E-state index contributed by atoms with van der Waals surface area (Å²) in [6, 6.07) is 20.3. The highest BCUT2D eigenvalue weighted by molar-refractivity contribution is 7.12. The van der Waals surface area contributed by atoms with Gasteiger partial charge in [0.2, 0.25) is 5.75 Å². The molecule has 3 heterocycles. The molecule has 42 heavy (non-hydrogen) atoms. The number of benzene rings is 3. The van der Waals surface area contributed by atoms with E-state index in [1.54, 1.807) is 42.5 Å². The quantitative estimate of drug-likeness (QED) is 0.203. The third-order valence-electron chi connectivity index (χ3n) is 8.79. The third kappa shape index (κ3) is 3.35. The van der Waals surface area contributed by atoms with Crippen molar-refractivity contribution in [3.8, 4) is 17.2 Å². The molecule has 3 aliphatic rings. The number of hydrogen-bond donors (Lipinski definition) is 0. The number of carbonyl (C=O) groups excluding carboxylic acids is 3. The monoisotopic (exact) mass is 577 g/mol. The third-order valence-corrected chi connectivity index (χ3v) is 9.68. The van der Waals surface area contributed by atoms with Gasteiger partial charge in [-0.05, 0) is 40.8 Å². The second kappa shape index (κ2) is 9.70. The van der Waals surface area contributed by atoms with Gasteiger partial charge in [-0.15, -0.1) is 11.3 Å². The Morgan fingerprint density at radius 1 is 0.833 bits per heavy atom. The first kappa shape index (κ1) is 26.2. The number of rotatable bonds is 6. The number of fused-ring (bicyclic) bond motifs is 5. The molecule has 7 nitrogen and oxygen atoms in total. The molecular formula is C34H27NO6S. The summed E-state index contributed by atoms with van der Waals surface area (Å²) in [4.78, 5) is 46.8. The van der Waals surface area contributed by atoms with Gasteiger partial charge in [0.15, 0.2) is 28.8 Å². The smallest absolute Gasteiger partial charge is 0.203 e. The van der Waals surface area contributed by atoms with Crippen LogP contribution in [-0.4, -0.2) is 50.8 Å². The Hall–Kier alpha value is -4.69. The predicted octanol–water partition coefficient (Wildman–Crippen LogP) is 6.09. The Bertz CT molecular complexity index is 1730. The molecule has 210 valence electrons. The van der Waals surface area contributed by atoms with Gasteiger partial charge in [0.05, 0.1) is 32.2 Å². The van der Waals surface area contributed by atoms with Gasteiger partial charge in [0, 0.05) is 22.7 Å². The van der Waals surface area contributed by atoms with Crippen LogP contribution in [0, 0.1) is 5.41 Å². The summed E-state index contributed by atoms with van der Waals surface area (Å²) in [6.07, 6.45) is 3.86. The summed E-state index contributed by atoms with van der Waals surface area (Å²) >= 11 is 1.34. The fraction of sp³-hybridized carbons (Fsp3) is 0.206. The van der Waals surface area contributed by atoms with Gasteiger partial charge in [0.25, 0.3) is 0 Å². The second-order valence-corrected chi connectivity index (χ2v) is 11.5. The minimum absolute atomic E-state index is 0.160. The number of ether oxygens (including phenoxy) is 3. The Morgan fingerprint density at radius 2 is 1.48 bits per heavy atom. The molecule has 1 aromatic heterocycles. The summed E-state index contributed by atoms with van der Waals surface area (Å²) in [5, 5.41) is 1.86. The van der Waals surface area contributed by atoms with E-state index in [4.69, 9.17) is 14.2 Å². The van der Waals surface area contributed by atoms with Crippen molar-refractivity contribution in [1.82, 2.24) is 0 Å². The molecule has 0 saturated carbocycles. The van der Waals surface area contributed by atoms with E-state index in [1.807, 2.05) is 52.8 Å². The van der Waals surface area contributed by atoms with Crippen molar-refractivity contribution in [2.24, 2.45) is 5.41 Å². The van der Waals surface area contributed by atoms with Gasteiger partial charge in [-0.3, -0.25) is 14.4 Å². The summed E-state index contributed by atoms with van der Waals surface area (Å²) in [5.74, 6) is -0.487. The minimum atomic E-state index is -1.62. The van der Waals surface area contributed by atoms with Crippen LogP contribution in [0.5, 0.6) is 17.2 Å². The number of ketones is 3. The van der Waals surface area contributed by atoms with Crippen molar-refractivity contribution < 1.29 is 28.6 Å². The zero-order valence-electron chi connectivity index (χ0n) is 23.2.